The molecule has 0 bridgehead atoms. The van der Waals surface area contributed by atoms with Gasteiger partial charge in [0.05, 0.1) is 29.7 Å². The average molecular weight is 342 g/mol. The Morgan fingerprint density at radius 1 is 1.32 bits per heavy atom. The number of hydrogen-bond acceptors (Lipinski definition) is 5. The summed E-state index contributed by atoms with van der Waals surface area (Å²) in [5, 5.41) is 4.43. The van der Waals surface area contributed by atoms with Crippen molar-refractivity contribution in [1.82, 2.24) is 19.7 Å². The molecule has 2 aliphatic rings. The normalized spacial score (nSPS) is 22.9. The Hall–Kier alpha value is -1.76. The first-order valence-corrected chi connectivity index (χ1v) is 8.98. The summed E-state index contributed by atoms with van der Waals surface area (Å²) in [6, 6.07) is 6.18. The lowest BCUT2D eigenvalue weighted by atomic mass is 9.84. The molecule has 2 aromatic rings. The molecule has 134 valence electrons. The number of rotatable bonds is 5. The molecule has 0 radical (unpaired) electrons. The predicted molar refractivity (Wildman–Crippen MR) is 94.0 cm³/mol. The minimum absolute atomic E-state index is 0.0191. The maximum Gasteiger partial charge on any atom is 0.0959 e. The van der Waals surface area contributed by atoms with Crippen molar-refractivity contribution in [3.05, 3.63) is 47.5 Å². The zero-order valence-corrected chi connectivity index (χ0v) is 15.0. The molecule has 2 saturated heterocycles. The molecule has 2 aromatic heterocycles. The van der Waals surface area contributed by atoms with Crippen LogP contribution in [-0.4, -0.2) is 51.1 Å². The fraction of sp³-hybridized carbons (Fsp3) is 0.579. The minimum atomic E-state index is -0.0191. The summed E-state index contributed by atoms with van der Waals surface area (Å²) >= 11 is 0. The highest BCUT2D eigenvalue weighted by molar-refractivity contribution is 5.11. The molecule has 6 nitrogen and oxygen atoms in total. The van der Waals surface area contributed by atoms with E-state index in [0.717, 1.165) is 44.8 Å². The van der Waals surface area contributed by atoms with E-state index >= 15 is 0 Å². The number of aromatic nitrogens is 3. The van der Waals surface area contributed by atoms with Gasteiger partial charge >= 0.3 is 0 Å². The molecule has 0 unspecified atom stereocenters. The molecule has 0 aliphatic carbocycles. The highest BCUT2D eigenvalue weighted by Crippen LogP contribution is 2.36. The van der Waals surface area contributed by atoms with Crippen molar-refractivity contribution in [2.75, 3.05) is 19.7 Å². The Labute approximate surface area is 148 Å². The maximum atomic E-state index is 6.14. The fourth-order valence-electron chi connectivity index (χ4n) is 3.96. The van der Waals surface area contributed by atoms with Gasteiger partial charge in [0.1, 0.15) is 0 Å². The Morgan fingerprint density at radius 3 is 2.84 bits per heavy atom. The Kier molecular flexibility index (Phi) is 4.58. The topological polar surface area (TPSA) is 52.4 Å². The molecule has 4 heterocycles. The van der Waals surface area contributed by atoms with Crippen molar-refractivity contribution < 1.29 is 9.47 Å². The van der Waals surface area contributed by atoms with E-state index < -0.39 is 0 Å². The quantitative estimate of drug-likeness (QED) is 0.833. The summed E-state index contributed by atoms with van der Waals surface area (Å²) in [6.07, 6.45) is 5.87. The lowest BCUT2D eigenvalue weighted by Crippen LogP contribution is -2.65. The highest BCUT2D eigenvalue weighted by atomic mass is 16.5. The minimum Gasteiger partial charge on any atom is -0.373 e. The number of nitrogens with zero attached hydrogens (tertiary/aromatic N) is 4. The lowest BCUT2D eigenvalue weighted by Gasteiger charge is -2.53. The smallest absolute Gasteiger partial charge is 0.0959 e. The molecule has 6 heteroatoms. The first kappa shape index (κ1) is 16.7. The van der Waals surface area contributed by atoms with Gasteiger partial charge in [-0.1, -0.05) is 0 Å². The van der Waals surface area contributed by atoms with Crippen molar-refractivity contribution in [3.8, 4) is 0 Å². The van der Waals surface area contributed by atoms with Gasteiger partial charge in [0.2, 0.25) is 0 Å². The van der Waals surface area contributed by atoms with E-state index in [1.165, 1.54) is 11.3 Å². The van der Waals surface area contributed by atoms with E-state index in [-0.39, 0.29) is 11.7 Å². The molecular formula is C19H26N4O2. The number of hydrogen-bond donors (Lipinski definition) is 0. The third kappa shape index (κ3) is 3.76. The molecule has 25 heavy (non-hydrogen) atoms. The van der Waals surface area contributed by atoms with E-state index in [1.54, 1.807) is 0 Å². The molecule has 4 rings (SSSR count). The number of ether oxygens (including phenoxy) is 2. The third-order valence-electron chi connectivity index (χ3n) is 5.19. The van der Waals surface area contributed by atoms with Gasteiger partial charge in [-0.15, -0.1) is 0 Å². The van der Waals surface area contributed by atoms with Gasteiger partial charge in [-0.3, -0.25) is 14.6 Å². The molecule has 0 aromatic carbocycles. The van der Waals surface area contributed by atoms with Crippen LogP contribution in [0.25, 0.3) is 0 Å². The number of aryl methyl sites for hydroxylation is 2. The Bertz CT molecular complexity index is 709. The first-order chi connectivity index (χ1) is 12.1. The highest BCUT2D eigenvalue weighted by Gasteiger charge is 2.47. The van der Waals surface area contributed by atoms with Gasteiger partial charge in [-0.2, -0.15) is 5.10 Å². The van der Waals surface area contributed by atoms with Crippen LogP contribution in [0, 0.1) is 6.92 Å². The van der Waals surface area contributed by atoms with Gasteiger partial charge in [0.25, 0.3) is 0 Å². The van der Waals surface area contributed by atoms with E-state index in [0.29, 0.717) is 6.61 Å². The molecule has 0 amide bonds. The second-order valence-electron chi connectivity index (χ2n) is 7.36. The SMILES string of the molecule is Cc1cc(CN2CC3(C[C@H](OCc4ccncc4)CCO3)C2)n(C)n1. The fourth-order valence-corrected chi connectivity index (χ4v) is 3.96. The summed E-state index contributed by atoms with van der Waals surface area (Å²) in [7, 11) is 2.01. The maximum absolute atomic E-state index is 6.14. The van der Waals surface area contributed by atoms with E-state index in [2.05, 4.69) is 21.0 Å². The van der Waals surface area contributed by atoms with Crippen molar-refractivity contribution in [1.29, 1.82) is 0 Å². The summed E-state index contributed by atoms with van der Waals surface area (Å²) in [5.41, 5.74) is 3.49. The monoisotopic (exact) mass is 342 g/mol. The van der Waals surface area contributed by atoms with Gasteiger partial charge in [0, 0.05) is 52.1 Å². The van der Waals surface area contributed by atoms with Crippen LogP contribution in [0.15, 0.2) is 30.6 Å². The zero-order valence-electron chi connectivity index (χ0n) is 15.0. The summed E-state index contributed by atoms with van der Waals surface area (Å²) in [4.78, 5) is 6.48. The Balaban J connectivity index is 1.28. The van der Waals surface area contributed by atoms with Gasteiger partial charge < -0.3 is 9.47 Å². The molecular weight excluding hydrogens is 316 g/mol. The molecule has 2 aliphatic heterocycles. The van der Waals surface area contributed by atoms with Crippen LogP contribution in [-0.2, 0) is 29.7 Å². The van der Waals surface area contributed by atoms with E-state index in [1.807, 2.05) is 43.2 Å². The van der Waals surface area contributed by atoms with Crippen molar-refractivity contribution in [3.63, 3.8) is 0 Å². The third-order valence-corrected chi connectivity index (χ3v) is 5.19. The lowest BCUT2D eigenvalue weighted by molar-refractivity contribution is -0.200. The summed E-state index contributed by atoms with van der Waals surface area (Å²) in [6.45, 7) is 6.38. The van der Waals surface area contributed by atoms with Crippen LogP contribution in [0.2, 0.25) is 0 Å². The molecule has 1 spiro atoms. The second-order valence-corrected chi connectivity index (χ2v) is 7.36. The molecule has 0 N–H and O–H groups in total. The van der Waals surface area contributed by atoms with Crippen LogP contribution in [0.5, 0.6) is 0 Å². The first-order valence-electron chi connectivity index (χ1n) is 8.98. The van der Waals surface area contributed by atoms with Crippen LogP contribution in [0.3, 0.4) is 0 Å². The number of likely N-dealkylation sites (tertiary alicyclic amines) is 1. The van der Waals surface area contributed by atoms with Crippen molar-refractivity contribution in [2.45, 2.75) is 44.6 Å². The van der Waals surface area contributed by atoms with Crippen LogP contribution < -0.4 is 0 Å². The van der Waals surface area contributed by atoms with Crippen LogP contribution in [0.4, 0.5) is 0 Å². The summed E-state index contributed by atoms with van der Waals surface area (Å²) < 4.78 is 14.2. The van der Waals surface area contributed by atoms with Gasteiger partial charge in [0.15, 0.2) is 0 Å². The van der Waals surface area contributed by atoms with Crippen LogP contribution >= 0.6 is 0 Å². The van der Waals surface area contributed by atoms with Gasteiger partial charge in [-0.25, -0.2) is 0 Å². The molecule has 2 fully saturated rings. The Morgan fingerprint density at radius 2 is 2.12 bits per heavy atom. The van der Waals surface area contributed by atoms with Crippen molar-refractivity contribution >= 4 is 0 Å². The van der Waals surface area contributed by atoms with Gasteiger partial charge in [-0.05, 0) is 37.1 Å². The average Bonchev–Trinajstić information content (AvgIpc) is 2.90. The van der Waals surface area contributed by atoms with Crippen molar-refractivity contribution in [2.24, 2.45) is 7.05 Å². The molecule has 0 saturated carbocycles. The van der Waals surface area contributed by atoms with Crippen LogP contribution in [0.1, 0.15) is 29.8 Å². The van der Waals surface area contributed by atoms with E-state index in [4.69, 9.17) is 9.47 Å². The number of pyridine rings is 1. The summed E-state index contributed by atoms with van der Waals surface area (Å²) in [5.74, 6) is 0. The zero-order chi connectivity index (χ0) is 17.3. The largest absolute Gasteiger partial charge is 0.373 e. The standard InChI is InChI=1S/C19H26N4O2/c1-15-9-17(22(2)21-15)11-23-13-19(14-23)10-18(5-8-25-19)24-12-16-3-6-20-7-4-16/h3-4,6-7,9,18H,5,8,10-14H2,1-2H3/t18-/m1/s1. The molecule has 1 atom stereocenters. The second kappa shape index (κ2) is 6.86. The van der Waals surface area contributed by atoms with E-state index in [9.17, 15) is 0 Å². The predicted octanol–water partition coefficient (Wildman–Crippen LogP) is 2.07.